The molecule has 8 heteroatoms. The summed E-state index contributed by atoms with van der Waals surface area (Å²) in [6.45, 7) is 1.85. The number of aromatic amines is 1. The van der Waals surface area contributed by atoms with E-state index < -0.39 is 5.97 Å². The van der Waals surface area contributed by atoms with Gasteiger partial charge >= 0.3 is 5.97 Å². The molecule has 2 N–H and O–H groups in total. The Morgan fingerprint density at radius 2 is 1.70 bits per heavy atom. The lowest BCUT2D eigenvalue weighted by Gasteiger charge is -2.13. The summed E-state index contributed by atoms with van der Waals surface area (Å²) in [4.78, 5) is 24.5. The first-order chi connectivity index (χ1) is 13.0. The number of benzene rings is 2. The van der Waals surface area contributed by atoms with Gasteiger partial charge in [-0.25, -0.2) is 4.79 Å². The Morgan fingerprint density at radius 3 is 2.30 bits per heavy atom. The lowest BCUT2D eigenvalue weighted by atomic mass is 10.1. The van der Waals surface area contributed by atoms with Gasteiger partial charge in [0.15, 0.2) is 5.69 Å². The van der Waals surface area contributed by atoms with E-state index in [1.165, 1.54) is 21.3 Å². The molecule has 1 heterocycles. The van der Waals surface area contributed by atoms with Gasteiger partial charge in [0.1, 0.15) is 11.5 Å². The van der Waals surface area contributed by atoms with E-state index in [2.05, 4.69) is 15.5 Å². The maximum Gasteiger partial charge on any atom is 0.359 e. The number of nitrogens with one attached hydrogen (secondary N) is 2. The molecule has 2 aromatic carbocycles. The number of methoxy groups -OCH3 is 3. The maximum atomic E-state index is 12.7. The number of H-pyrrole nitrogens is 1. The molecule has 0 atom stereocenters. The SMILES string of the molecule is COC(=O)c1n[nH]c2ccc(NC(=O)c3cc(OC)c(C)c(OC)c3)cc12. The van der Waals surface area contributed by atoms with E-state index in [0.717, 1.165) is 5.56 Å². The van der Waals surface area contributed by atoms with Crippen molar-refractivity contribution in [2.24, 2.45) is 0 Å². The number of nitrogens with zero attached hydrogens (tertiary/aromatic N) is 1. The number of rotatable bonds is 5. The molecule has 0 spiro atoms. The van der Waals surface area contributed by atoms with E-state index in [-0.39, 0.29) is 11.6 Å². The third-order valence-corrected chi connectivity index (χ3v) is 4.21. The second kappa shape index (κ2) is 7.36. The number of fused-ring (bicyclic) bond motifs is 1. The van der Waals surface area contributed by atoms with Crippen molar-refractivity contribution >= 4 is 28.5 Å². The Balaban J connectivity index is 1.93. The normalized spacial score (nSPS) is 10.5. The van der Waals surface area contributed by atoms with Crippen LogP contribution in [0.1, 0.15) is 26.4 Å². The molecular formula is C19H19N3O5. The molecule has 0 radical (unpaired) electrons. The summed E-state index contributed by atoms with van der Waals surface area (Å²) in [6.07, 6.45) is 0. The van der Waals surface area contributed by atoms with Crippen LogP contribution in [0.3, 0.4) is 0 Å². The number of anilines is 1. The van der Waals surface area contributed by atoms with Crippen molar-refractivity contribution < 1.29 is 23.8 Å². The van der Waals surface area contributed by atoms with Crippen molar-refractivity contribution in [2.45, 2.75) is 6.92 Å². The van der Waals surface area contributed by atoms with E-state index >= 15 is 0 Å². The molecule has 0 aliphatic rings. The van der Waals surface area contributed by atoms with Gasteiger partial charge in [0.2, 0.25) is 0 Å². The molecular weight excluding hydrogens is 350 g/mol. The number of hydrogen-bond donors (Lipinski definition) is 2. The monoisotopic (exact) mass is 369 g/mol. The highest BCUT2D eigenvalue weighted by molar-refractivity contribution is 6.07. The minimum absolute atomic E-state index is 0.155. The second-order valence-corrected chi connectivity index (χ2v) is 5.78. The zero-order chi connectivity index (χ0) is 19.6. The van der Waals surface area contributed by atoms with Crippen LogP contribution < -0.4 is 14.8 Å². The van der Waals surface area contributed by atoms with Gasteiger partial charge in [-0.1, -0.05) is 0 Å². The smallest absolute Gasteiger partial charge is 0.359 e. The molecule has 0 fully saturated rings. The van der Waals surface area contributed by atoms with Crippen LogP contribution in [0.15, 0.2) is 30.3 Å². The molecule has 0 aliphatic heterocycles. The average molecular weight is 369 g/mol. The van der Waals surface area contributed by atoms with Crippen molar-refractivity contribution in [2.75, 3.05) is 26.6 Å². The first kappa shape index (κ1) is 18.2. The zero-order valence-electron chi connectivity index (χ0n) is 15.4. The largest absolute Gasteiger partial charge is 0.496 e. The minimum Gasteiger partial charge on any atom is -0.496 e. The van der Waals surface area contributed by atoms with Crippen LogP contribution in [-0.2, 0) is 4.74 Å². The number of aromatic nitrogens is 2. The summed E-state index contributed by atoms with van der Waals surface area (Å²) in [7, 11) is 4.35. The molecule has 3 rings (SSSR count). The lowest BCUT2D eigenvalue weighted by molar-refractivity contribution is 0.0596. The van der Waals surface area contributed by atoms with Crippen molar-refractivity contribution in [3.8, 4) is 11.5 Å². The highest BCUT2D eigenvalue weighted by atomic mass is 16.5. The Kier molecular flexibility index (Phi) is 4.98. The highest BCUT2D eigenvalue weighted by Gasteiger charge is 2.17. The minimum atomic E-state index is -0.558. The standard InChI is InChI=1S/C19H19N3O5/c1-10-15(25-2)7-11(8-16(10)26-3)18(23)20-12-5-6-14-13(9-12)17(22-21-14)19(24)27-4/h5-9H,1-4H3,(H,20,23)(H,21,22). The van der Waals surface area contributed by atoms with Gasteiger partial charge in [-0.2, -0.15) is 5.10 Å². The van der Waals surface area contributed by atoms with Crippen LogP contribution in [0.25, 0.3) is 10.9 Å². The summed E-state index contributed by atoms with van der Waals surface area (Å²) in [5.74, 6) is 0.210. The Bertz CT molecular complexity index is 1000. The van der Waals surface area contributed by atoms with E-state index in [0.29, 0.717) is 33.7 Å². The van der Waals surface area contributed by atoms with Crippen molar-refractivity contribution in [1.82, 2.24) is 10.2 Å². The van der Waals surface area contributed by atoms with E-state index in [1.54, 1.807) is 30.3 Å². The van der Waals surface area contributed by atoms with E-state index in [9.17, 15) is 9.59 Å². The Hall–Kier alpha value is -3.55. The van der Waals surface area contributed by atoms with Crippen molar-refractivity contribution in [3.63, 3.8) is 0 Å². The predicted octanol–water partition coefficient (Wildman–Crippen LogP) is 2.93. The van der Waals surface area contributed by atoms with Gasteiger partial charge in [-0.15, -0.1) is 0 Å². The Morgan fingerprint density at radius 1 is 1.04 bits per heavy atom. The van der Waals surface area contributed by atoms with Crippen molar-refractivity contribution in [1.29, 1.82) is 0 Å². The summed E-state index contributed by atoms with van der Waals surface area (Å²) in [6, 6.07) is 8.38. The zero-order valence-corrected chi connectivity index (χ0v) is 15.4. The van der Waals surface area contributed by atoms with E-state index in [1.807, 2.05) is 6.92 Å². The van der Waals surface area contributed by atoms with Crippen LogP contribution in [0, 0.1) is 6.92 Å². The summed E-state index contributed by atoms with van der Waals surface area (Å²) < 4.78 is 15.3. The molecule has 3 aromatic rings. The molecule has 1 amide bonds. The van der Waals surface area contributed by atoms with Crippen LogP contribution in [0.5, 0.6) is 11.5 Å². The van der Waals surface area contributed by atoms with Crippen molar-refractivity contribution in [3.05, 3.63) is 47.2 Å². The van der Waals surface area contributed by atoms with E-state index in [4.69, 9.17) is 14.2 Å². The quantitative estimate of drug-likeness (QED) is 0.671. The summed E-state index contributed by atoms with van der Waals surface area (Å²) >= 11 is 0. The lowest BCUT2D eigenvalue weighted by Crippen LogP contribution is -2.12. The molecule has 0 unspecified atom stereocenters. The topological polar surface area (TPSA) is 103 Å². The molecule has 1 aromatic heterocycles. The van der Waals surface area contributed by atoms with Gasteiger partial charge in [0.05, 0.1) is 26.8 Å². The predicted molar refractivity (Wildman–Crippen MR) is 99.7 cm³/mol. The average Bonchev–Trinajstić information content (AvgIpc) is 3.10. The number of carbonyl (C=O) groups excluding carboxylic acids is 2. The van der Waals surface area contributed by atoms with Gasteiger partial charge in [0.25, 0.3) is 5.91 Å². The molecule has 0 saturated heterocycles. The fraction of sp³-hybridized carbons (Fsp3) is 0.211. The molecule has 140 valence electrons. The summed E-state index contributed by atoms with van der Waals surface area (Å²) in [5, 5.41) is 10.1. The van der Waals surface area contributed by atoms with Gasteiger partial charge < -0.3 is 19.5 Å². The molecule has 0 bridgehead atoms. The first-order valence-corrected chi connectivity index (χ1v) is 8.09. The summed E-state index contributed by atoms with van der Waals surface area (Å²) in [5.41, 5.74) is 2.51. The highest BCUT2D eigenvalue weighted by Crippen LogP contribution is 2.30. The number of carbonyl (C=O) groups is 2. The number of amides is 1. The van der Waals surface area contributed by atoms with Crippen LogP contribution in [0.2, 0.25) is 0 Å². The number of esters is 1. The van der Waals surface area contributed by atoms with Crippen LogP contribution in [-0.4, -0.2) is 43.4 Å². The molecule has 27 heavy (non-hydrogen) atoms. The second-order valence-electron chi connectivity index (χ2n) is 5.78. The number of ether oxygens (including phenoxy) is 3. The van der Waals surface area contributed by atoms with Gasteiger partial charge in [-0.05, 0) is 37.3 Å². The van der Waals surface area contributed by atoms with Crippen LogP contribution >= 0.6 is 0 Å². The third-order valence-electron chi connectivity index (χ3n) is 4.21. The van der Waals surface area contributed by atoms with Crippen LogP contribution in [0.4, 0.5) is 5.69 Å². The maximum absolute atomic E-state index is 12.7. The molecule has 0 saturated carbocycles. The third kappa shape index (κ3) is 3.41. The molecule has 0 aliphatic carbocycles. The first-order valence-electron chi connectivity index (χ1n) is 8.09. The molecule has 8 nitrogen and oxygen atoms in total. The van der Waals surface area contributed by atoms with Gasteiger partial charge in [0, 0.05) is 22.2 Å². The Labute approximate surface area is 155 Å². The van der Waals surface area contributed by atoms with Gasteiger partial charge in [-0.3, -0.25) is 9.89 Å². The number of hydrogen-bond acceptors (Lipinski definition) is 6. The fourth-order valence-corrected chi connectivity index (χ4v) is 2.76. The fourth-order valence-electron chi connectivity index (χ4n) is 2.76.